The molecule has 0 unspecified atom stereocenters. The predicted octanol–water partition coefficient (Wildman–Crippen LogP) is 4.45. The molecule has 1 amide bonds. The zero-order chi connectivity index (χ0) is 25.3. The van der Waals surface area contributed by atoms with Crippen molar-refractivity contribution in [3.05, 3.63) is 89.6 Å². The number of ether oxygens (including phenoxy) is 4. The number of hydrazone groups is 1. The minimum Gasteiger partial charge on any atom is -0.493 e. The summed E-state index contributed by atoms with van der Waals surface area (Å²) in [4.78, 5) is 12.5. The normalized spacial score (nSPS) is 10.8. The molecule has 0 atom stereocenters. The summed E-state index contributed by atoms with van der Waals surface area (Å²) in [5, 5.41) is 11.0. The van der Waals surface area contributed by atoms with Crippen LogP contribution >= 0.6 is 0 Å². The molecule has 0 spiro atoms. The van der Waals surface area contributed by atoms with Gasteiger partial charge in [-0.1, -0.05) is 30.3 Å². The smallest absolute Gasteiger partial charge is 0.289 e. The van der Waals surface area contributed by atoms with Crippen LogP contribution in [0, 0.1) is 0 Å². The topological polar surface area (TPSA) is 107 Å². The van der Waals surface area contributed by atoms with Gasteiger partial charge in [0.15, 0.2) is 11.5 Å². The quantitative estimate of drug-likeness (QED) is 0.253. The first-order valence-corrected chi connectivity index (χ1v) is 11.1. The molecular weight excluding hydrogens is 460 g/mol. The number of nitrogens with zero attached hydrogens (tertiary/aromatic N) is 2. The molecule has 1 aromatic heterocycles. The average molecular weight is 487 g/mol. The van der Waals surface area contributed by atoms with E-state index in [1.807, 2.05) is 54.6 Å². The minimum atomic E-state index is -0.430. The molecule has 9 heteroatoms. The van der Waals surface area contributed by atoms with Crippen LogP contribution in [-0.4, -0.2) is 43.6 Å². The number of aromatic nitrogens is 2. The number of methoxy groups -OCH3 is 3. The highest BCUT2D eigenvalue weighted by Gasteiger charge is 2.13. The van der Waals surface area contributed by atoms with Crippen LogP contribution in [-0.2, 0) is 6.61 Å². The van der Waals surface area contributed by atoms with Gasteiger partial charge < -0.3 is 18.9 Å². The van der Waals surface area contributed by atoms with Gasteiger partial charge in [-0.25, -0.2) is 5.43 Å². The lowest BCUT2D eigenvalue weighted by Gasteiger charge is -2.12. The second-order valence-corrected chi connectivity index (χ2v) is 7.62. The van der Waals surface area contributed by atoms with E-state index >= 15 is 0 Å². The molecule has 1 heterocycles. The third kappa shape index (κ3) is 5.82. The van der Waals surface area contributed by atoms with E-state index in [0.717, 1.165) is 16.9 Å². The lowest BCUT2D eigenvalue weighted by Crippen LogP contribution is -2.18. The average Bonchev–Trinajstić information content (AvgIpc) is 3.42. The lowest BCUT2D eigenvalue weighted by molar-refractivity contribution is 0.0950. The second-order valence-electron chi connectivity index (χ2n) is 7.62. The molecule has 4 rings (SSSR count). The van der Waals surface area contributed by atoms with Gasteiger partial charge in [0.25, 0.3) is 5.91 Å². The standard InChI is InChI=1S/C27H26N4O5/c1-33-24-13-19(14-25(34-2)26(24)35-3)16-28-31-27(32)23-15-22(29-30-23)20-9-11-21(12-10-20)36-17-18-7-5-4-6-8-18/h4-16H,17H2,1-3H3,(H,29,30)(H,31,32). The van der Waals surface area contributed by atoms with Gasteiger partial charge in [-0.3, -0.25) is 9.89 Å². The third-order valence-electron chi connectivity index (χ3n) is 5.29. The zero-order valence-electron chi connectivity index (χ0n) is 20.1. The number of benzene rings is 3. The van der Waals surface area contributed by atoms with Crippen molar-refractivity contribution in [1.82, 2.24) is 15.6 Å². The van der Waals surface area contributed by atoms with Gasteiger partial charge in [0.2, 0.25) is 5.75 Å². The molecular formula is C27H26N4O5. The van der Waals surface area contributed by atoms with Crippen LogP contribution in [0.15, 0.2) is 77.9 Å². The van der Waals surface area contributed by atoms with Crippen molar-refractivity contribution in [2.24, 2.45) is 5.10 Å². The van der Waals surface area contributed by atoms with Gasteiger partial charge in [0.1, 0.15) is 18.1 Å². The fourth-order valence-electron chi connectivity index (χ4n) is 3.45. The third-order valence-corrected chi connectivity index (χ3v) is 5.29. The Labute approximate surface area is 208 Å². The van der Waals surface area contributed by atoms with Crippen LogP contribution in [0.5, 0.6) is 23.0 Å². The molecule has 0 fully saturated rings. The molecule has 9 nitrogen and oxygen atoms in total. The Balaban J connectivity index is 1.37. The highest BCUT2D eigenvalue weighted by atomic mass is 16.5. The summed E-state index contributed by atoms with van der Waals surface area (Å²) in [5.41, 5.74) is 5.98. The second kappa shape index (κ2) is 11.6. The summed E-state index contributed by atoms with van der Waals surface area (Å²) in [6.07, 6.45) is 1.48. The Hall–Kier alpha value is -4.79. The Morgan fingerprint density at radius 1 is 0.944 bits per heavy atom. The molecule has 2 N–H and O–H groups in total. The van der Waals surface area contributed by atoms with Crippen LogP contribution in [0.2, 0.25) is 0 Å². The van der Waals surface area contributed by atoms with E-state index in [9.17, 15) is 4.79 Å². The highest BCUT2D eigenvalue weighted by molar-refractivity contribution is 5.94. The summed E-state index contributed by atoms with van der Waals surface area (Å²) in [7, 11) is 4.59. The maximum absolute atomic E-state index is 12.5. The van der Waals surface area contributed by atoms with Crippen molar-refractivity contribution >= 4 is 12.1 Å². The maximum atomic E-state index is 12.5. The monoisotopic (exact) mass is 486 g/mol. The van der Waals surface area contributed by atoms with Crippen LogP contribution in [0.25, 0.3) is 11.3 Å². The van der Waals surface area contributed by atoms with Gasteiger partial charge in [0, 0.05) is 11.1 Å². The van der Waals surface area contributed by atoms with Crippen molar-refractivity contribution in [2.75, 3.05) is 21.3 Å². The highest BCUT2D eigenvalue weighted by Crippen LogP contribution is 2.37. The number of carbonyl (C=O) groups excluding carboxylic acids is 1. The number of hydrogen-bond acceptors (Lipinski definition) is 7. The van der Waals surface area contributed by atoms with E-state index in [2.05, 4.69) is 20.7 Å². The van der Waals surface area contributed by atoms with E-state index in [-0.39, 0.29) is 5.69 Å². The molecule has 0 aliphatic heterocycles. The van der Waals surface area contributed by atoms with Gasteiger partial charge in [-0.15, -0.1) is 0 Å². The fraction of sp³-hybridized carbons (Fsp3) is 0.148. The van der Waals surface area contributed by atoms with Gasteiger partial charge in [-0.2, -0.15) is 10.2 Å². The summed E-state index contributed by atoms with van der Waals surface area (Å²) < 4.78 is 21.8. The number of carbonyl (C=O) groups is 1. The number of amides is 1. The van der Waals surface area contributed by atoms with Crippen LogP contribution in [0.4, 0.5) is 0 Å². The number of aromatic amines is 1. The van der Waals surface area contributed by atoms with Crippen LogP contribution in [0.1, 0.15) is 21.6 Å². The molecule has 184 valence electrons. The molecule has 4 aromatic rings. The first kappa shape index (κ1) is 24.3. The Kier molecular flexibility index (Phi) is 7.82. The van der Waals surface area contributed by atoms with E-state index in [1.165, 1.54) is 27.5 Å². The Bertz CT molecular complexity index is 1310. The Morgan fingerprint density at radius 2 is 1.64 bits per heavy atom. The predicted molar refractivity (Wildman–Crippen MR) is 136 cm³/mol. The van der Waals surface area contributed by atoms with Crippen LogP contribution < -0.4 is 24.4 Å². The fourth-order valence-corrected chi connectivity index (χ4v) is 3.45. The van der Waals surface area contributed by atoms with Crippen molar-refractivity contribution in [3.8, 4) is 34.3 Å². The number of nitrogens with one attached hydrogen (secondary N) is 2. The molecule has 3 aromatic carbocycles. The van der Waals surface area contributed by atoms with Crippen molar-refractivity contribution in [1.29, 1.82) is 0 Å². The summed E-state index contributed by atoms with van der Waals surface area (Å²) >= 11 is 0. The zero-order valence-corrected chi connectivity index (χ0v) is 20.1. The molecule has 0 bridgehead atoms. The summed E-state index contributed by atoms with van der Waals surface area (Å²) in [5.74, 6) is 1.76. The minimum absolute atomic E-state index is 0.274. The number of hydrogen-bond donors (Lipinski definition) is 2. The number of H-pyrrole nitrogens is 1. The Morgan fingerprint density at radius 3 is 2.28 bits per heavy atom. The van der Waals surface area contributed by atoms with E-state index in [0.29, 0.717) is 35.1 Å². The SMILES string of the molecule is COc1cc(C=NNC(=O)c2cc(-c3ccc(OCc4ccccc4)cc3)n[nH]2)cc(OC)c1OC. The molecule has 36 heavy (non-hydrogen) atoms. The molecule has 0 radical (unpaired) electrons. The number of rotatable bonds is 10. The summed E-state index contributed by atoms with van der Waals surface area (Å²) in [6.45, 7) is 0.490. The lowest BCUT2D eigenvalue weighted by atomic mass is 10.1. The van der Waals surface area contributed by atoms with Crippen molar-refractivity contribution in [3.63, 3.8) is 0 Å². The van der Waals surface area contributed by atoms with Gasteiger partial charge >= 0.3 is 0 Å². The molecule has 0 saturated heterocycles. The van der Waals surface area contributed by atoms with Gasteiger partial charge in [-0.05, 0) is 48.0 Å². The maximum Gasteiger partial charge on any atom is 0.289 e. The molecule has 0 saturated carbocycles. The molecule has 0 aliphatic carbocycles. The van der Waals surface area contributed by atoms with Crippen LogP contribution in [0.3, 0.4) is 0 Å². The van der Waals surface area contributed by atoms with Crippen molar-refractivity contribution in [2.45, 2.75) is 6.61 Å². The van der Waals surface area contributed by atoms with E-state index in [4.69, 9.17) is 18.9 Å². The summed E-state index contributed by atoms with van der Waals surface area (Å²) in [6, 6.07) is 22.6. The molecule has 0 aliphatic rings. The van der Waals surface area contributed by atoms with E-state index in [1.54, 1.807) is 18.2 Å². The first-order chi connectivity index (χ1) is 17.6. The first-order valence-electron chi connectivity index (χ1n) is 11.1. The van der Waals surface area contributed by atoms with Crippen molar-refractivity contribution < 1.29 is 23.7 Å². The van der Waals surface area contributed by atoms with E-state index < -0.39 is 5.91 Å². The van der Waals surface area contributed by atoms with Gasteiger partial charge in [0.05, 0.1) is 33.2 Å². The largest absolute Gasteiger partial charge is 0.493 e.